The summed E-state index contributed by atoms with van der Waals surface area (Å²) < 4.78 is 0. The molecule has 1 aliphatic heterocycles. The SMILES string of the molecule is CN=C(NCc1cccc(C)c1)NC1CCN(C(=O)C(C)C)C1. The van der Waals surface area contributed by atoms with Gasteiger partial charge in [-0.3, -0.25) is 9.79 Å². The Labute approximate surface area is 139 Å². The van der Waals surface area contributed by atoms with Gasteiger partial charge in [0.2, 0.25) is 5.91 Å². The minimum Gasteiger partial charge on any atom is -0.352 e. The van der Waals surface area contributed by atoms with Crippen molar-refractivity contribution in [2.24, 2.45) is 10.9 Å². The second-order valence-electron chi connectivity index (χ2n) is 6.48. The maximum atomic E-state index is 12.0. The topological polar surface area (TPSA) is 56.7 Å². The van der Waals surface area contributed by atoms with Crippen LogP contribution in [-0.2, 0) is 11.3 Å². The fourth-order valence-corrected chi connectivity index (χ4v) is 2.84. The third-order valence-corrected chi connectivity index (χ3v) is 4.10. The summed E-state index contributed by atoms with van der Waals surface area (Å²) in [5.41, 5.74) is 2.49. The predicted molar refractivity (Wildman–Crippen MR) is 94.3 cm³/mol. The number of aliphatic imine (C=N–C) groups is 1. The average Bonchev–Trinajstić information content (AvgIpc) is 2.99. The summed E-state index contributed by atoms with van der Waals surface area (Å²) in [4.78, 5) is 18.3. The Kier molecular flexibility index (Phi) is 6.02. The van der Waals surface area contributed by atoms with Crippen molar-refractivity contribution in [3.8, 4) is 0 Å². The van der Waals surface area contributed by atoms with Crippen LogP contribution in [0.3, 0.4) is 0 Å². The van der Waals surface area contributed by atoms with Gasteiger partial charge in [-0.25, -0.2) is 0 Å². The number of guanidine groups is 1. The number of aryl methyl sites for hydroxylation is 1. The maximum Gasteiger partial charge on any atom is 0.225 e. The van der Waals surface area contributed by atoms with Crippen molar-refractivity contribution in [2.45, 2.75) is 39.8 Å². The van der Waals surface area contributed by atoms with Gasteiger partial charge in [-0.1, -0.05) is 43.7 Å². The Morgan fingerprint density at radius 3 is 2.87 bits per heavy atom. The monoisotopic (exact) mass is 316 g/mol. The first-order valence-electron chi connectivity index (χ1n) is 8.31. The molecule has 0 aliphatic carbocycles. The number of likely N-dealkylation sites (tertiary alicyclic amines) is 1. The van der Waals surface area contributed by atoms with E-state index < -0.39 is 0 Å². The van der Waals surface area contributed by atoms with E-state index in [0.29, 0.717) is 0 Å². The molecule has 0 aromatic heterocycles. The summed E-state index contributed by atoms with van der Waals surface area (Å²) in [6.45, 7) is 8.31. The molecular weight excluding hydrogens is 288 g/mol. The molecule has 1 atom stereocenters. The molecule has 126 valence electrons. The highest BCUT2D eigenvalue weighted by atomic mass is 16.2. The summed E-state index contributed by atoms with van der Waals surface area (Å²) in [5, 5.41) is 6.76. The predicted octanol–water partition coefficient (Wildman–Crippen LogP) is 1.92. The van der Waals surface area contributed by atoms with Gasteiger partial charge in [0.15, 0.2) is 5.96 Å². The first kappa shape index (κ1) is 17.3. The van der Waals surface area contributed by atoms with E-state index in [2.05, 4.69) is 46.8 Å². The molecule has 2 rings (SSSR count). The molecule has 0 radical (unpaired) electrons. The summed E-state index contributed by atoms with van der Waals surface area (Å²) in [5.74, 6) is 1.08. The Morgan fingerprint density at radius 1 is 1.43 bits per heavy atom. The zero-order valence-corrected chi connectivity index (χ0v) is 14.6. The van der Waals surface area contributed by atoms with Gasteiger partial charge in [0.05, 0.1) is 0 Å². The largest absolute Gasteiger partial charge is 0.352 e. The van der Waals surface area contributed by atoms with E-state index in [-0.39, 0.29) is 17.9 Å². The van der Waals surface area contributed by atoms with E-state index in [1.54, 1.807) is 7.05 Å². The summed E-state index contributed by atoms with van der Waals surface area (Å²) in [6, 6.07) is 8.69. The van der Waals surface area contributed by atoms with Crippen molar-refractivity contribution in [1.29, 1.82) is 0 Å². The van der Waals surface area contributed by atoms with Crippen molar-refractivity contribution >= 4 is 11.9 Å². The second-order valence-corrected chi connectivity index (χ2v) is 6.48. The number of hydrogen-bond acceptors (Lipinski definition) is 2. The molecule has 1 saturated heterocycles. The highest BCUT2D eigenvalue weighted by Crippen LogP contribution is 2.12. The lowest BCUT2D eigenvalue weighted by molar-refractivity contribution is -0.133. The molecule has 1 heterocycles. The standard InChI is InChI=1S/C18H28N4O/c1-13(2)17(23)22-9-8-16(12-22)21-18(19-4)20-11-15-7-5-6-14(3)10-15/h5-7,10,13,16H,8-9,11-12H2,1-4H3,(H2,19,20,21). The molecule has 0 bridgehead atoms. The Hall–Kier alpha value is -2.04. The summed E-state index contributed by atoms with van der Waals surface area (Å²) in [7, 11) is 1.78. The number of hydrogen-bond donors (Lipinski definition) is 2. The summed E-state index contributed by atoms with van der Waals surface area (Å²) >= 11 is 0. The highest BCUT2D eigenvalue weighted by molar-refractivity contribution is 5.81. The molecule has 1 fully saturated rings. The van der Waals surface area contributed by atoms with Gasteiger partial charge in [0.25, 0.3) is 0 Å². The van der Waals surface area contributed by atoms with E-state index in [0.717, 1.165) is 32.0 Å². The van der Waals surface area contributed by atoms with Crippen LogP contribution in [0.4, 0.5) is 0 Å². The molecule has 1 aliphatic rings. The van der Waals surface area contributed by atoms with Crippen LogP contribution in [0.2, 0.25) is 0 Å². The molecule has 1 aromatic carbocycles. The minimum absolute atomic E-state index is 0.0625. The number of amides is 1. The Bertz CT molecular complexity index is 568. The highest BCUT2D eigenvalue weighted by Gasteiger charge is 2.27. The third kappa shape index (κ3) is 4.98. The molecule has 2 N–H and O–H groups in total. The van der Waals surface area contributed by atoms with E-state index >= 15 is 0 Å². The average molecular weight is 316 g/mol. The van der Waals surface area contributed by atoms with Crippen LogP contribution < -0.4 is 10.6 Å². The van der Waals surface area contributed by atoms with Crippen LogP contribution in [-0.4, -0.2) is 42.9 Å². The van der Waals surface area contributed by atoms with Crippen molar-refractivity contribution < 1.29 is 4.79 Å². The molecule has 23 heavy (non-hydrogen) atoms. The number of carbonyl (C=O) groups is 1. The lowest BCUT2D eigenvalue weighted by atomic mass is 10.1. The van der Waals surface area contributed by atoms with Crippen molar-refractivity contribution in [1.82, 2.24) is 15.5 Å². The number of nitrogens with zero attached hydrogens (tertiary/aromatic N) is 2. The zero-order valence-electron chi connectivity index (χ0n) is 14.6. The van der Waals surface area contributed by atoms with Crippen LogP contribution >= 0.6 is 0 Å². The van der Waals surface area contributed by atoms with Crippen LogP contribution in [0.5, 0.6) is 0 Å². The fourth-order valence-electron chi connectivity index (χ4n) is 2.84. The zero-order chi connectivity index (χ0) is 16.8. The summed E-state index contributed by atoms with van der Waals surface area (Å²) in [6.07, 6.45) is 0.962. The van der Waals surface area contributed by atoms with Crippen molar-refractivity contribution in [3.63, 3.8) is 0 Å². The normalized spacial score (nSPS) is 18.4. The van der Waals surface area contributed by atoms with Gasteiger partial charge >= 0.3 is 0 Å². The molecule has 1 amide bonds. The third-order valence-electron chi connectivity index (χ3n) is 4.10. The van der Waals surface area contributed by atoms with Crippen LogP contribution in [0.15, 0.2) is 29.3 Å². The van der Waals surface area contributed by atoms with Crippen LogP contribution in [0, 0.1) is 12.8 Å². The van der Waals surface area contributed by atoms with E-state index in [1.807, 2.05) is 18.7 Å². The number of rotatable bonds is 4. The molecule has 1 aromatic rings. The molecule has 5 heteroatoms. The molecule has 0 saturated carbocycles. The maximum absolute atomic E-state index is 12.0. The van der Waals surface area contributed by atoms with Gasteiger partial charge in [-0.2, -0.15) is 0 Å². The number of nitrogens with one attached hydrogen (secondary N) is 2. The first-order valence-corrected chi connectivity index (χ1v) is 8.31. The lowest BCUT2D eigenvalue weighted by Gasteiger charge is -2.20. The Morgan fingerprint density at radius 2 is 2.22 bits per heavy atom. The van der Waals surface area contributed by atoms with Crippen LogP contribution in [0.1, 0.15) is 31.4 Å². The van der Waals surface area contributed by atoms with Gasteiger partial charge in [0.1, 0.15) is 0 Å². The van der Waals surface area contributed by atoms with E-state index in [4.69, 9.17) is 0 Å². The number of carbonyl (C=O) groups excluding carboxylic acids is 1. The minimum atomic E-state index is 0.0625. The van der Waals surface area contributed by atoms with Crippen LogP contribution in [0.25, 0.3) is 0 Å². The van der Waals surface area contributed by atoms with Crippen molar-refractivity contribution in [3.05, 3.63) is 35.4 Å². The molecule has 5 nitrogen and oxygen atoms in total. The van der Waals surface area contributed by atoms with Gasteiger partial charge < -0.3 is 15.5 Å². The fraction of sp³-hybridized carbons (Fsp3) is 0.556. The quantitative estimate of drug-likeness (QED) is 0.659. The molecule has 1 unspecified atom stereocenters. The van der Waals surface area contributed by atoms with Crippen molar-refractivity contribution in [2.75, 3.05) is 20.1 Å². The Balaban J connectivity index is 1.83. The lowest BCUT2D eigenvalue weighted by Crippen LogP contribution is -2.45. The van der Waals surface area contributed by atoms with Gasteiger partial charge in [0, 0.05) is 38.6 Å². The second kappa shape index (κ2) is 7.99. The van der Waals surface area contributed by atoms with E-state index in [9.17, 15) is 4.79 Å². The first-order chi connectivity index (χ1) is 11.0. The smallest absolute Gasteiger partial charge is 0.225 e. The molecular formula is C18H28N4O. The van der Waals surface area contributed by atoms with E-state index in [1.165, 1.54) is 11.1 Å². The number of benzene rings is 1. The molecule has 0 spiro atoms. The van der Waals surface area contributed by atoms with Gasteiger partial charge in [-0.15, -0.1) is 0 Å². The van der Waals surface area contributed by atoms with Gasteiger partial charge in [-0.05, 0) is 18.9 Å².